The largest absolute Gasteiger partial charge is 0.496 e. The normalized spacial score (nSPS) is 14.4. The number of carbonyl (C=O) groups is 2. The Kier molecular flexibility index (Phi) is 6.56. The minimum absolute atomic E-state index is 0.191. The first-order chi connectivity index (χ1) is 14.2. The number of amides is 2. The number of nitrogens with one attached hydrogen (secondary N) is 1. The zero-order chi connectivity index (χ0) is 21.9. The fourth-order valence-electron chi connectivity index (χ4n) is 3.45. The number of nitrogens with zero attached hydrogens (tertiary/aromatic N) is 2. The van der Waals surface area contributed by atoms with Gasteiger partial charge in [0, 0.05) is 48.0 Å². The van der Waals surface area contributed by atoms with E-state index < -0.39 is 0 Å². The highest BCUT2D eigenvalue weighted by Crippen LogP contribution is 2.25. The summed E-state index contributed by atoms with van der Waals surface area (Å²) in [4.78, 5) is 29.2. The average molecular weight is 430 g/mol. The summed E-state index contributed by atoms with van der Waals surface area (Å²) in [5, 5.41) is 3.35. The molecule has 2 amide bonds. The van der Waals surface area contributed by atoms with Crippen LogP contribution in [0.25, 0.3) is 0 Å². The molecule has 2 aromatic carbocycles. The second-order valence-electron chi connectivity index (χ2n) is 8.37. The summed E-state index contributed by atoms with van der Waals surface area (Å²) in [6.07, 6.45) is 0. The van der Waals surface area contributed by atoms with Crippen molar-refractivity contribution in [1.82, 2.24) is 4.90 Å². The highest BCUT2D eigenvalue weighted by molar-refractivity contribution is 6.31. The smallest absolute Gasteiger partial charge is 0.259 e. The third kappa shape index (κ3) is 5.05. The monoisotopic (exact) mass is 429 g/mol. The zero-order valence-electron chi connectivity index (χ0n) is 17.9. The number of piperazine rings is 1. The molecular weight excluding hydrogens is 402 g/mol. The predicted molar refractivity (Wildman–Crippen MR) is 121 cm³/mol. The van der Waals surface area contributed by atoms with E-state index in [1.807, 2.05) is 49.9 Å². The summed E-state index contributed by atoms with van der Waals surface area (Å²) in [5.41, 5.74) is 1.78. The molecule has 7 heteroatoms. The molecule has 2 aromatic rings. The number of rotatable bonds is 4. The number of hydrogen-bond donors (Lipinski definition) is 1. The molecule has 1 saturated heterocycles. The van der Waals surface area contributed by atoms with Gasteiger partial charge in [-0.1, -0.05) is 32.4 Å². The number of methoxy groups -OCH3 is 1. The molecule has 1 aliphatic rings. The Morgan fingerprint density at radius 3 is 2.20 bits per heavy atom. The van der Waals surface area contributed by atoms with E-state index >= 15 is 0 Å². The Morgan fingerprint density at radius 1 is 1.00 bits per heavy atom. The Bertz CT molecular complexity index is 914. The molecule has 0 bridgehead atoms. The van der Waals surface area contributed by atoms with Crippen LogP contribution in [0.15, 0.2) is 42.5 Å². The van der Waals surface area contributed by atoms with E-state index in [1.54, 1.807) is 18.2 Å². The molecule has 1 N–H and O–H groups in total. The van der Waals surface area contributed by atoms with Gasteiger partial charge in [-0.05, 0) is 42.5 Å². The third-order valence-electron chi connectivity index (χ3n) is 5.10. The lowest BCUT2D eigenvalue weighted by Gasteiger charge is -2.38. The SMILES string of the molecule is COc1ccc(Cl)cc1C(=O)Nc1ccc(N2CCN(C(=O)C(C)(C)C)CC2)cc1. The molecule has 0 aliphatic carbocycles. The van der Waals surface area contributed by atoms with Gasteiger partial charge in [0.25, 0.3) is 5.91 Å². The molecule has 6 nitrogen and oxygen atoms in total. The summed E-state index contributed by atoms with van der Waals surface area (Å²) in [5.74, 6) is 0.379. The lowest BCUT2D eigenvalue weighted by molar-refractivity contribution is -0.139. The molecule has 0 spiro atoms. The lowest BCUT2D eigenvalue weighted by Crippen LogP contribution is -2.51. The number of ether oxygens (including phenoxy) is 1. The quantitative estimate of drug-likeness (QED) is 0.787. The number of anilines is 2. The van der Waals surface area contributed by atoms with E-state index in [0.29, 0.717) is 35.1 Å². The van der Waals surface area contributed by atoms with E-state index in [-0.39, 0.29) is 17.2 Å². The number of carbonyl (C=O) groups excluding carboxylic acids is 2. The van der Waals surface area contributed by atoms with Gasteiger partial charge in [-0.3, -0.25) is 9.59 Å². The van der Waals surface area contributed by atoms with Gasteiger partial charge in [-0.25, -0.2) is 0 Å². The van der Waals surface area contributed by atoms with Crippen molar-refractivity contribution in [2.75, 3.05) is 43.5 Å². The molecule has 30 heavy (non-hydrogen) atoms. The Morgan fingerprint density at radius 2 is 1.63 bits per heavy atom. The second kappa shape index (κ2) is 8.96. The molecule has 1 fully saturated rings. The van der Waals surface area contributed by atoms with E-state index in [2.05, 4.69) is 10.2 Å². The number of halogens is 1. The summed E-state index contributed by atoms with van der Waals surface area (Å²) < 4.78 is 5.25. The number of benzene rings is 2. The molecule has 1 heterocycles. The molecule has 1 aliphatic heterocycles. The molecule has 3 rings (SSSR count). The van der Waals surface area contributed by atoms with Crippen LogP contribution in [-0.2, 0) is 4.79 Å². The zero-order valence-corrected chi connectivity index (χ0v) is 18.6. The van der Waals surface area contributed by atoms with Crippen molar-refractivity contribution in [2.24, 2.45) is 5.41 Å². The summed E-state index contributed by atoms with van der Waals surface area (Å²) in [6.45, 7) is 8.85. The van der Waals surface area contributed by atoms with Gasteiger partial charge in [0.2, 0.25) is 5.91 Å². The van der Waals surface area contributed by atoms with Crippen LogP contribution >= 0.6 is 11.6 Å². The topological polar surface area (TPSA) is 61.9 Å². The first-order valence-corrected chi connectivity index (χ1v) is 10.4. The van der Waals surface area contributed by atoms with Crippen molar-refractivity contribution >= 4 is 34.8 Å². The summed E-state index contributed by atoms with van der Waals surface area (Å²) >= 11 is 6.02. The summed E-state index contributed by atoms with van der Waals surface area (Å²) in [6, 6.07) is 12.6. The average Bonchev–Trinajstić information content (AvgIpc) is 2.73. The minimum atomic E-state index is -0.353. The van der Waals surface area contributed by atoms with Crippen LogP contribution in [0, 0.1) is 5.41 Å². The van der Waals surface area contributed by atoms with Crippen LogP contribution < -0.4 is 15.0 Å². The summed E-state index contributed by atoms with van der Waals surface area (Å²) in [7, 11) is 1.52. The van der Waals surface area contributed by atoms with Gasteiger partial charge in [0.1, 0.15) is 5.75 Å². The highest BCUT2D eigenvalue weighted by Gasteiger charge is 2.29. The van der Waals surface area contributed by atoms with E-state index in [0.717, 1.165) is 18.8 Å². The van der Waals surface area contributed by atoms with Gasteiger partial charge in [-0.2, -0.15) is 0 Å². The molecule has 160 valence electrons. The Balaban J connectivity index is 1.62. The van der Waals surface area contributed by atoms with Crippen molar-refractivity contribution in [1.29, 1.82) is 0 Å². The van der Waals surface area contributed by atoms with Crippen LogP contribution in [0.1, 0.15) is 31.1 Å². The van der Waals surface area contributed by atoms with E-state index in [9.17, 15) is 9.59 Å². The first kappa shape index (κ1) is 22.0. The van der Waals surface area contributed by atoms with Crippen molar-refractivity contribution < 1.29 is 14.3 Å². The maximum atomic E-state index is 12.6. The molecule has 0 radical (unpaired) electrons. The first-order valence-electron chi connectivity index (χ1n) is 9.98. The molecular formula is C23H28ClN3O3. The van der Waals surface area contributed by atoms with Gasteiger partial charge < -0.3 is 19.9 Å². The van der Waals surface area contributed by atoms with Crippen LogP contribution in [0.2, 0.25) is 5.02 Å². The minimum Gasteiger partial charge on any atom is -0.496 e. The van der Waals surface area contributed by atoms with Crippen molar-refractivity contribution in [3.63, 3.8) is 0 Å². The van der Waals surface area contributed by atoms with Crippen molar-refractivity contribution in [3.8, 4) is 5.75 Å². The maximum absolute atomic E-state index is 12.6. The molecule has 0 aromatic heterocycles. The standard InChI is InChI=1S/C23H28ClN3O3/c1-23(2,3)22(29)27-13-11-26(12-14-27)18-8-6-17(7-9-18)25-21(28)19-15-16(24)5-10-20(19)30-4/h5-10,15H,11-14H2,1-4H3,(H,25,28). The fraction of sp³-hybridized carbons (Fsp3) is 0.391. The van der Waals surface area contributed by atoms with Gasteiger partial charge in [-0.15, -0.1) is 0 Å². The van der Waals surface area contributed by atoms with E-state index in [4.69, 9.17) is 16.3 Å². The van der Waals surface area contributed by atoms with Gasteiger partial charge >= 0.3 is 0 Å². The number of hydrogen-bond acceptors (Lipinski definition) is 4. The Labute approximate surface area is 182 Å². The predicted octanol–water partition coefficient (Wildman–Crippen LogP) is 4.30. The van der Waals surface area contributed by atoms with E-state index in [1.165, 1.54) is 7.11 Å². The molecule has 0 unspecified atom stereocenters. The van der Waals surface area contributed by atoms with Crippen molar-refractivity contribution in [2.45, 2.75) is 20.8 Å². The van der Waals surface area contributed by atoms with Gasteiger partial charge in [0.05, 0.1) is 12.7 Å². The second-order valence-corrected chi connectivity index (χ2v) is 8.81. The third-order valence-corrected chi connectivity index (χ3v) is 5.34. The fourth-order valence-corrected chi connectivity index (χ4v) is 3.63. The van der Waals surface area contributed by atoms with Gasteiger partial charge in [0.15, 0.2) is 0 Å². The lowest BCUT2D eigenvalue weighted by atomic mass is 9.94. The van der Waals surface area contributed by atoms with Crippen molar-refractivity contribution in [3.05, 3.63) is 53.1 Å². The molecule has 0 atom stereocenters. The van der Waals surface area contributed by atoms with Crippen LogP contribution in [0.4, 0.5) is 11.4 Å². The van der Waals surface area contributed by atoms with Crippen LogP contribution in [0.3, 0.4) is 0 Å². The van der Waals surface area contributed by atoms with Crippen LogP contribution in [-0.4, -0.2) is 50.0 Å². The highest BCUT2D eigenvalue weighted by atomic mass is 35.5. The van der Waals surface area contributed by atoms with Crippen LogP contribution in [0.5, 0.6) is 5.75 Å². The molecule has 0 saturated carbocycles. The maximum Gasteiger partial charge on any atom is 0.259 e. The Hall–Kier alpha value is -2.73.